The molecule has 1 aromatic heterocycles. The second-order valence-corrected chi connectivity index (χ2v) is 5.38. The molecule has 5 nitrogen and oxygen atoms in total. The molecule has 3 aromatic rings. The predicted octanol–water partition coefficient (Wildman–Crippen LogP) is 3.47. The van der Waals surface area contributed by atoms with Gasteiger partial charge >= 0.3 is 11.6 Å². The van der Waals surface area contributed by atoms with E-state index in [9.17, 15) is 9.59 Å². The number of aryl methyl sites for hydroxylation is 1. The van der Waals surface area contributed by atoms with E-state index in [1.54, 1.807) is 30.3 Å². The quantitative estimate of drug-likeness (QED) is 0.543. The zero-order valence-corrected chi connectivity index (χ0v) is 13.4. The van der Waals surface area contributed by atoms with Crippen molar-refractivity contribution in [2.75, 3.05) is 7.11 Å². The summed E-state index contributed by atoms with van der Waals surface area (Å²) < 4.78 is 15.6. The maximum atomic E-state index is 11.5. The average molecular weight is 324 g/mol. The highest BCUT2D eigenvalue weighted by Crippen LogP contribution is 2.23. The molecule has 0 saturated heterocycles. The summed E-state index contributed by atoms with van der Waals surface area (Å²) in [6, 6.07) is 13.8. The van der Waals surface area contributed by atoms with Gasteiger partial charge in [0.25, 0.3) is 0 Å². The molecule has 0 saturated carbocycles. The molecule has 24 heavy (non-hydrogen) atoms. The van der Waals surface area contributed by atoms with Crippen LogP contribution in [-0.2, 0) is 11.3 Å². The topological polar surface area (TPSA) is 65.7 Å². The van der Waals surface area contributed by atoms with Crippen LogP contribution in [0.2, 0.25) is 0 Å². The number of methoxy groups -OCH3 is 1. The van der Waals surface area contributed by atoms with E-state index in [2.05, 4.69) is 4.74 Å². The molecule has 0 N–H and O–H groups in total. The highest BCUT2D eigenvalue weighted by molar-refractivity contribution is 5.89. The lowest BCUT2D eigenvalue weighted by molar-refractivity contribution is 0.0600. The second-order valence-electron chi connectivity index (χ2n) is 5.38. The van der Waals surface area contributed by atoms with Crippen molar-refractivity contribution in [1.29, 1.82) is 0 Å². The van der Waals surface area contributed by atoms with Gasteiger partial charge < -0.3 is 13.9 Å². The Morgan fingerprint density at radius 1 is 1.08 bits per heavy atom. The van der Waals surface area contributed by atoms with E-state index >= 15 is 0 Å². The molecule has 0 fully saturated rings. The van der Waals surface area contributed by atoms with Crippen LogP contribution >= 0.6 is 0 Å². The third-order valence-corrected chi connectivity index (χ3v) is 3.70. The van der Waals surface area contributed by atoms with Gasteiger partial charge in [-0.1, -0.05) is 12.1 Å². The minimum atomic E-state index is -0.379. The molecule has 122 valence electrons. The van der Waals surface area contributed by atoms with Gasteiger partial charge in [0.05, 0.1) is 12.7 Å². The summed E-state index contributed by atoms with van der Waals surface area (Å²) in [5.41, 5.74) is 2.39. The molecule has 0 bridgehead atoms. The number of hydrogen-bond donors (Lipinski definition) is 0. The first-order valence-corrected chi connectivity index (χ1v) is 7.41. The molecule has 0 aliphatic heterocycles. The lowest BCUT2D eigenvalue weighted by Crippen LogP contribution is -2.02. The summed E-state index contributed by atoms with van der Waals surface area (Å²) in [7, 11) is 1.35. The summed E-state index contributed by atoms with van der Waals surface area (Å²) in [6.07, 6.45) is 0. The van der Waals surface area contributed by atoms with E-state index in [-0.39, 0.29) is 11.6 Å². The first-order chi connectivity index (χ1) is 11.6. The van der Waals surface area contributed by atoms with Crippen LogP contribution in [0.15, 0.2) is 57.7 Å². The fourth-order valence-electron chi connectivity index (χ4n) is 2.42. The van der Waals surface area contributed by atoms with Crippen LogP contribution in [0.4, 0.5) is 0 Å². The van der Waals surface area contributed by atoms with E-state index < -0.39 is 0 Å². The molecule has 5 heteroatoms. The normalized spacial score (nSPS) is 10.6. The molecule has 0 radical (unpaired) electrons. The van der Waals surface area contributed by atoms with Crippen LogP contribution in [0, 0.1) is 6.92 Å². The van der Waals surface area contributed by atoms with Crippen molar-refractivity contribution in [2.24, 2.45) is 0 Å². The average Bonchev–Trinajstić information content (AvgIpc) is 2.59. The zero-order valence-electron chi connectivity index (χ0n) is 13.4. The third-order valence-electron chi connectivity index (χ3n) is 3.70. The van der Waals surface area contributed by atoms with Crippen LogP contribution in [0.3, 0.4) is 0 Å². The van der Waals surface area contributed by atoms with Gasteiger partial charge in [-0.05, 0) is 42.3 Å². The van der Waals surface area contributed by atoms with Gasteiger partial charge in [-0.15, -0.1) is 0 Å². The Kier molecular flexibility index (Phi) is 4.33. The van der Waals surface area contributed by atoms with Gasteiger partial charge in [-0.2, -0.15) is 0 Å². The van der Waals surface area contributed by atoms with Crippen molar-refractivity contribution in [1.82, 2.24) is 0 Å². The Morgan fingerprint density at radius 3 is 2.54 bits per heavy atom. The molecule has 0 unspecified atom stereocenters. The molecule has 0 spiro atoms. The Balaban J connectivity index is 1.76. The first kappa shape index (κ1) is 15.8. The van der Waals surface area contributed by atoms with E-state index in [1.807, 2.05) is 19.1 Å². The summed E-state index contributed by atoms with van der Waals surface area (Å²) >= 11 is 0. The number of benzene rings is 2. The van der Waals surface area contributed by atoms with Crippen molar-refractivity contribution in [3.05, 3.63) is 75.6 Å². The molecule has 2 aromatic carbocycles. The summed E-state index contributed by atoms with van der Waals surface area (Å²) in [5.74, 6) is 0.232. The standard InChI is InChI=1S/C19H16O5/c1-12-9-18(20)24-17-10-15(7-8-16(12)17)23-11-13-3-5-14(6-4-13)19(21)22-2/h3-10H,11H2,1-2H3. The van der Waals surface area contributed by atoms with Crippen molar-refractivity contribution in [3.8, 4) is 5.75 Å². The zero-order chi connectivity index (χ0) is 17.1. The maximum absolute atomic E-state index is 11.5. The summed E-state index contributed by atoms with van der Waals surface area (Å²) in [6.45, 7) is 2.20. The lowest BCUT2D eigenvalue weighted by Gasteiger charge is -2.08. The SMILES string of the molecule is COC(=O)c1ccc(COc2ccc3c(C)cc(=O)oc3c2)cc1. The monoisotopic (exact) mass is 324 g/mol. The van der Waals surface area contributed by atoms with Crippen molar-refractivity contribution in [3.63, 3.8) is 0 Å². The Hall–Kier alpha value is -3.08. The highest BCUT2D eigenvalue weighted by Gasteiger charge is 2.06. The van der Waals surface area contributed by atoms with Crippen LogP contribution in [0.5, 0.6) is 5.75 Å². The van der Waals surface area contributed by atoms with Gasteiger partial charge in [0.2, 0.25) is 0 Å². The Morgan fingerprint density at radius 2 is 1.83 bits per heavy atom. The van der Waals surface area contributed by atoms with Crippen LogP contribution in [0.25, 0.3) is 11.0 Å². The molecule has 0 amide bonds. The second kappa shape index (κ2) is 6.58. The number of ether oxygens (including phenoxy) is 2. The van der Waals surface area contributed by atoms with Gasteiger partial charge in [0.15, 0.2) is 0 Å². The number of fused-ring (bicyclic) bond motifs is 1. The number of carbonyl (C=O) groups excluding carboxylic acids is 1. The number of hydrogen-bond acceptors (Lipinski definition) is 5. The van der Waals surface area contributed by atoms with E-state index in [0.717, 1.165) is 16.5 Å². The van der Waals surface area contributed by atoms with E-state index in [4.69, 9.17) is 9.15 Å². The van der Waals surface area contributed by atoms with Crippen LogP contribution in [-0.4, -0.2) is 13.1 Å². The molecule has 0 atom stereocenters. The molecule has 1 heterocycles. The summed E-state index contributed by atoms with van der Waals surface area (Å²) in [4.78, 5) is 22.9. The largest absolute Gasteiger partial charge is 0.489 e. The third kappa shape index (κ3) is 3.30. The highest BCUT2D eigenvalue weighted by atomic mass is 16.5. The predicted molar refractivity (Wildman–Crippen MR) is 89.3 cm³/mol. The summed E-state index contributed by atoms with van der Waals surface area (Å²) in [5, 5.41) is 0.879. The van der Waals surface area contributed by atoms with Crippen molar-refractivity contribution >= 4 is 16.9 Å². The minimum absolute atomic E-state index is 0.336. The van der Waals surface area contributed by atoms with Crippen LogP contribution in [0.1, 0.15) is 21.5 Å². The number of rotatable bonds is 4. The molecular weight excluding hydrogens is 308 g/mol. The van der Waals surface area contributed by atoms with E-state index in [0.29, 0.717) is 23.5 Å². The minimum Gasteiger partial charge on any atom is -0.489 e. The number of carbonyl (C=O) groups is 1. The van der Waals surface area contributed by atoms with Gasteiger partial charge in [0.1, 0.15) is 17.9 Å². The van der Waals surface area contributed by atoms with Crippen molar-refractivity contribution in [2.45, 2.75) is 13.5 Å². The van der Waals surface area contributed by atoms with Crippen molar-refractivity contribution < 1.29 is 18.7 Å². The van der Waals surface area contributed by atoms with Gasteiger partial charge in [-0.3, -0.25) is 0 Å². The Labute approximate surface area is 138 Å². The Bertz CT molecular complexity index is 938. The van der Waals surface area contributed by atoms with Crippen LogP contribution < -0.4 is 10.4 Å². The fourth-order valence-corrected chi connectivity index (χ4v) is 2.42. The van der Waals surface area contributed by atoms with Gasteiger partial charge in [0, 0.05) is 17.5 Å². The lowest BCUT2D eigenvalue weighted by atomic mass is 10.1. The maximum Gasteiger partial charge on any atom is 0.337 e. The molecular formula is C19H16O5. The molecule has 0 aliphatic carbocycles. The number of esters is 1. The molecule has 0 aliphatic rings. The molecule has 3 rings (SSSR count). The van der Waals surface area contributed by atoms with E-state index in [1.165, 1.54) is 13.2 Å². The first-order valence-electron chi connectivity index (χ1n) is 7.41. The van der Waals surface area contributed by atoms with Gasteiger partial charge in [-0.25, -0.2) is 9.59 Å². The smallest absolute Gasteiger partial charge is 0.337 e. The fraction of sp³-hybridized carbons (Fsp3) is 0.158.